The minimum absolute atomic E-state index is 0.448. The maximum absolute atomic E-state index is 9.78. The molecule has 0 saturated carbocycles. The van der Waals surface area contributed by atoms with Crippen molar-refractivity contribution in [1.82, 2.24) is 4.98 Å². The van der Waals surface area contributed by atoms with Gasteiger partial charge in [-0.25, -0.2) is 0 Å². The highest BCUT2D eigenvalue weighted by Crippen LogP contribution is 2.25. The van der Waals surface area contributed by atoms with Crippen molar-refractivity contribution >= 4 is 10.9 Å². The Morgan fingerprint density at radius 1 is 1.31 bits per heavy atom. The molecular formula is C14H17NO. The molecule has 0 fully saturated rings. The van der Waals surface area contributed by atoms with E-state index < -0.39 is 6.10 Å². The van der Waals surface area contributed by atoms with E-state index in [-0.39, 0.29) is 0 Å². The molecule has 2 nitrogen and oxygen atoms in total. The van der Waals surface area contributed by atoms with E-state index in [4.69, 9.17) is 0 Å². The van der Waals surface area contributed by atoms with Crippen LogP contribution >= 0.6 is 0 Å². The van der Waals surface area contributed by atoms with E-state index in [9.17, 15) is 5.11 Å². The molecular weight excluding hydrogens is 198 g/mol. The summed E-state index contributed by atoms with van der Waals surface area (Å²) >= 11 is 0. The minimum Gasteiger partial charge on any atom is -0.389 e. The second kappa shape index (κ2) is 4.22. The van der Waals surface area contributed by atoms with Crippen molar-refractivity contribution in [3.05, 3.63) is 41.1 Å². The van der Waals surface area contributed by atoms with Gasteiger partial charge in [-0.15, -0.1) is 0 Å². The fourth-order valence-electron chi connectivity index (χ4n) is 2.00. The molecule has 1 heterocycles. The van der Waals surface area contributed by atoms with Crippen molar-refractivity contribution in [2.75, 3.05) is 0 Å². The summed E-state index contributed by atoms with van der Waals surface area (Å²) in [5, 5.41) is 10.9. The number of benzene rings is 1. The van der Waals surface area contributed by atoms with Gasteiger partial charge in [0.05, 0.1) is 11.6 Å². The summed E-state index contributed by atoms with van der Waals surface area (Å²) in [6, 6.07) is 8.23. The van der Waals surface area contributed by atoms with E-state index in [2.05, 4.69) is 24.0 Å². The Balaban J connectivity index is 2.75. The molecule has 0 radical (unpaired) electrons. The van der Waals surface area contributed by atoms with Gasteiger partial charge >= 0.3 is 0 Å². The molecule has 1 atom stereocenters. The molecule has 0 amide bonds. The molecule has 16 heavy (non-hydrogen) atoms. The van der Waals surface area contributed by atoms with E-state index in [0.29, 0.717) is 0 Å². The average Bonchev–Trinajstić information content (AvgIpc) is 2.27. The van der Waals surface area contributed by atoms with Crippen molar-refractivity contribution in [2.45, 2.75) is 33.3 Å². The van der Waals surface area contributed by atoms with Crippen molar-refractivity contribution in [2.24, 2.45) is 0 Å². The van der Waals surface area contributed by atoms with Crippen LogP contribution in [0.25, 0.3) is 10.9 Å². The van der Waals surface area contributed by atoms with E-state index >= 15 is 0 Å². The first-order valence-electron chi connectivity index (χ1n) is 5.70. The third kappa shape index (κ3) is 1.93. The molecule has 2 rings (SSSR count). The number of hydrogen-bond donors (Lipinski definition) is 1. The van der Waals surface area contributed by atoms with Gasteiger partial charge in [0, 0.05) is 11.1 Å². The summed E-state index contributed by atoms with van der Waals surface area (Å²) in [4.78, 5) is 4.48. The Hall–Kier alpha value is -1.41. The van der Waals surface area contributed by atoms with Gasteiger partial charge in [-0.05, 0) is 49.6 Å². The fraction of sp³-hybridized carbons (Fsp3) is 0.357. The number of fused-ring (bicyclic) bond motifs is 1. The summed E-state index contributed by atoms with van der Waals surface area (Å²) in [6.07, 6.45) is 0.555. The van der Waals surface area contributed by atoms with Gasteiger partial charge in [-0.1, -0.05) is 13.0 Å². The van der Waals surface area contributed by atoms with Crippen molar-refractivity contribution in [3.63, 3.8) is 0 Å². The molecule has 0 spiro atoms. The molecule has 0 saturated heterocycles. The number of aryl methyl sites for hydroxylation is 2. The number of hydrogen-bond acceptors (Lipinski definition) is 2. The minimum atomic E-state index is -0.448. The summed E-state index contributed by atoms with van der Waals surface area (Å²) in [5.74, 6) is 0. The number of nitrogens with zero attached hydrogens (tertiary/aromatic N) is 1. The highest BCUT2D eigenvalue weighted by Gasteiger charge is 2.08. The van der Waals surface area contributed by atoms with E-state index in [1.165, 1.54) is 5.56 Å². The lowest BCUT2D eigenvalue weighted by molar-refractivity contribution is 0.200. The summed E-state index contributed by atoms with van der Waals surface area (Å²) in [6.45, 7) is 5.89. The van der Waals surface area contributed by atoms with Crippen molar-refractivity contribution in [1.29, 1.82) is 0 Å². The molecule has 0 aliphatic carbocycles. The van der Waals surface area contributed by atoms with Gasteiger partial charge in [0.1, 0.15) is 0 Å². The molecule has 1 aromatic carbocycles. The van der Waals surface area contributed by atoms with Crippen LogP contribution in [0.15, 0.2) is 24.3 Å². The zero-order valence-electron chi connectivity index (χ0n) is 9.99. The standard InChI is InChI=1S/C14H17NO/c1-4-11-5-6-14-13(8-11)12(10(3)16)7-9(2)15-14/h5-8,10,16H,4H2,1-3H3. The molecule has 0 aliphatic rings. The number of aliphatic hydroxyl groups excluding tert-OH is 1. The highest BCUT2D eigenvalue weighted by molar-refractivity contribution is 5.83. The quantitative estimate of drug-likeness (QED) is 0.834. The van der Waals surface area contributed by atoms with Crippen LogP contribution in [0.4, 0.5) is 0 Å². The number of aliphatic hydroxyl groups is 1. The van der Waals surface area contributed by atoms with Gasteiger partial charge in [0.25, 0.3) is 0 Å². The van der Waals surface area contributed by atoms with Gasteiger partial charge in [-0.2, -0.15) is 0 Å². The highest BCUT2D eigenvalue weighted by atomic mass is 16.3. The Morgan fingerprint density at radius 2 is 2.06 bits per heavy atom. The molecule has 0 bridgehead atoms. The van der Waals surface area contributed by atoms with Gasteiger partial charge in [-0.3, -0.25) is 4.98 Å². The van der Waals surface area contributed by atoms with E-state index in [1.807, 2.05) is 19.1 Å². The monoisotopic (exact) mass is 215 g/mol. The normalized spacial score (nSPS) is 13.0. The van der Waals surface area contributed by atoms with E-state index in [0.717, 1.165) is 28.6 Å². The second-order valence-electron chi connectivity index (χ2n) is 4.23. The smallest absolute Gasteiger partial charge is 0.0769 e. The SMILES string of the molecule is CCc1ccc2nc(C)cc(C(C)O)c2c1. The summed E-state index contributed by atoms with van der Waals surface area (Å²) in [5.41, 5.74) is 4.17. The lowest BCUT2D eigenvalue weighted by atomic mass is 10.0. The summed E-state index contributed by atoms with van der Waals surface area (Å²) < 4.78 is 0. The predicted molar refractivity (Wildman–Crippen MR) is 66.5 cm³/mol. The van der Waals surface area contributed by atoms with Crippen LogP contribution in [0.5, 0.6) is 0 Å². The maximum Gasteiger partial charge on any atom is 0.0769 e. The van der Waals surface area contributed by atoms with Crippen LogP contribution in [0.1, 0.15) is 36.8 Å². The molecule has 0 aliphatic heterocycles. The average molecular weight is 215 g/mol. The predicted octanol–water partition coefficient (Wildman–Crippen LogP) is 3.16. The van der Waals surface area contributed by atoms with Crippen LogP contribution in [0.3, 0.4) is 0 Å². The molecule has 2 heteroatoms. The lowest BCUT2D eigenvalue weighted by Gasteiger charge is -2.11. The third-order valence-electron chi connectivity index (χ3n) is 2.89. The first-order valence-corrected chi connectivity index (χ1v) is 5.70. The number of pyridine rings is 1. The Kier molecular flexibility index (Phi) is 2.92. The topological polar surface area (TPSA) is 33.1 Å². The summed E-state index contributed by atoms with van der Waals surface area (Å²) in [7, 11) is 0. The van der Waals surface area contributed by atoms with Crippen molar-refractivity contribution in [3.8, 4) is 0 Å². The maximum atomic E-state index is 9.78. The fourth-order valence-corrected chi connectivity index (χ4v) is 2.00. The zero-order chi connectivity index (χ0) is 11.7. The molecule has 84 valence electrons. The molecule has 1 aromatic heterocycles. The van der Waals surface area contributed by atoms with Crippen molar-refractivity contribution < 1.29 is 5.11 Å². The molecule has 1 N–H and O–H groups in total. The van der Waals surface area contributed by atoms with Crippen LogP contribution < -0.4 is 0 Å². The Bertz CT molecular complexity index is 517. The molecule has 1 unspecified atom stereocenters. The number of rotatable bonds is 2. The van der Waals surface area contributed by atoms with Gasteiger partial charge < -0.3 is 5.11 Å². The first kappa shape index (κ1) is 11.1. The van der Waals surface area contributed by atoms with Crippen LogP contribution in [0.2, 0.25) is 0 Å². The van der Waals surface area contributed by atoms with Gasteiger partial charge in [0.15, 0.2) is 0 Å². The first-order chi connectivity index (χ1) is 7.61. The Morgan fingerprint density at radius 3 is 2.69 bits per heavy atom. The van der Waals surface area contributed by atoms with E-state index in [1.54, 1.807) is 6.92 Å². The Labute approximate surface area is 96.0 Å². The molecule has 2 aromatic rings. The third-order valence-corrected chi connectivity index (χ3v) is 2.89. The van der Waals surface area contributed by atoms with Crippen LogP contribution in [-0.2, 0) is 6.42 Å². The lowest BCUT2D eigenvalue weighted by Crippen LogP contribution is -1.97. The second-order valence-corrected chi connectivity index (χ2v) is 4.23. The zero-order valence-corrected chi connectivity index (χ0v) is 9.99. The van der Waals surface area contributed by atoms with Crippen LogP contribution in [0, 0.1) is 6.92 Å². The largest absolute Gasteiger partial charge is 0.389 e. The van der Waals surface area contributed by atoms with Gasteiger partial charge in [0.2, 0.25) is 0 Å². The number of aromatic nitrogens is 1. The van der Waals surface area contributed by atoms with Crippen LogP contribution in [-0.4, -0.2) is 10.1 Å².